The first-order valence-electron chi connectivity index (χ1n) is 6.74. The van der Waals surface area contributed by atoms with Crippen LogP contribution in [0.3, 0.4) is 0 Å². The van der Waals surface area contributed by atoms with Crippen molar-refractivity contribution in [2.24, 2.45) is 5.10 Å². The van der Waals surface area contributed by atoms with Crippen LogP contribution in [-0.2, 0) is 0 Å². The molecule has 0 radical (unpaired) electrons. The van der Waals surface area contributed by atoms with Gasteiger partial charge < -0.3 is 4.74 Å². The van der Waals surface area contributed by atoms with E-state index < -0.39 is 0 Å². The molecule has 0 aliphatic heterocycles. The minimum Gasteiger partial charge on any atom is -0.497 e. The normalized spacial score (nSPS) is 11.0. The molecule has 4 nitrogen and oxygen atoms in total. The van der Waals surface area contributed by atoms with Crippen LogP contribution in [-0.4, -0.2) is 18.3 Å². The lowest BCUT2D eigenvalue weighted by molar-refractivity contribution is 0.415. The zero-order chi connectivity index (χ0) is 15.4. The molecule has 0 aliphatic carbocycles. The molecule has 3 rings (SSSR count). The van der Waals surface area contributed by atoms with E-state index in [-0.39, 0.29) is 0 Å². The smallest absolute Gasteiger partial charge is 0.119 e. The van der Waals surface area contributed by atoms with Crippen LogP contribution in [0.1, 0.15) is 5.56 Å². The van der Waals surface area contributed by atoms with Gasteiger partial charge >= 0.3 is 0 Å². The van der Waals surface area contributed by atoms with E-state index in [0.717, 1.165) is 27.9 Å². The number of methoxy groups -OCH3 is 1. The summed E-state index contributed by atoms with van der Waals surface area (Å²) in [6.07, 6.45) is 3.47. The number of anilines is 1. The highest BCUT2D eigenvalue weighted by Gasteiger charge is 2.01. The summed E-state index contributed by atoms with van der Waals surface area (Å²) >= 11 is 5.98. The number of benzene rings is 2. The van der Waals surface area contributed by atoms with E-state index in [0.29, 0.717) is 5.02 Å². The Bertz CT molecular complexity index is 833. The molecule has 22 heavy (non-hydrogen) atoms. The number of aromatic nitrogens is 1. The van der Waals surface area contributed by atoms with Gasteiger partial charge in [0.25, 0.3) is 0 Å². The van der Waals surface area contributed by atoms with Crippen LogP contribution >= 0.6 is 11.6 Å². The molecule has 0 saturated heterocycles. The van der Waals surface area contributed by atoms with Crippen molar-refractivity contribution in [3.8, 4) is 5.75 Å². The summed E-state index contributed by atoms with van der Waals surface area (Å²) in [7, 11) is 1.64. The van der Waals surface area contributed by atoms with Crippen LogP contribution in [0.5, 0.6) is 5.75 Å². The number of fused-ring (bicyclic) bond motifs is 1. The summed E-state index contributed by atoms with van der Waals surface area (Å²) in [5.41, 5.74) is 5.69. The zero-order valence-corrected chi connectivity index (χ0v) is 12.7. The number of hydrogen-bond donors (Lipinski definition) is 1. The minimum absolute atomic E-state index is 0.664. The fourth-order valence-corrected chi connectivity index (χ4v) is 2.28. The average Bonchev–Trinajstić information content (AvgIpc) is 2.55. The Morgan fingerprint density at radius 2 is 2.09 bits per heavy atom. The van der Waals surface area contributed by atoms with Gasteiger partial charge in [0.1, 0.15) is 5.75 Å². The Hall–Kier alpha value is -2.59. The molecule has 110 valence electrons. The summed E-state index contributed by atoms with van der Waals surface area (Å²) in [5, 5.41) is 5.90. The Kier molecular flexibility index (Phi) is 4.21. The summed E-state index contributed by atoms with van der Waals surface area (Å²) in [5.74, 6) is 0.799. The largest absolute Gasteiger partial charge is 0.497 e. The van der Waals surface area contributed by atoms with Crippen molar-refractivity contribution in [3.63, 3.8) is 0 Å². The molecule has 5 heteroatoms. The second kappa shape index (κ2) is 6.45. The molecule has 2 aromatic carbocycles. The average molecular weight is 312 g/mol. The van der Waals surface area contributed by atoms with Gasteiger partial charge in [-0.25, -0.2) is 0 Å². The highest BCUT2D eigenvalue weighted by molar-refractivity contribution is 6.31. The van der Waals surface area contributed by atoms with Gasteiger partial charge in [0.2, 0.25) is 0 Å². The van der Waals surface area contributed by atoms with Gasteiger partial charge in [0.05, 0.1) is 24.5 Å². The first kappa shape index (κ1) is 14.4. The standard InChI is InChI=1S/C17H14ClN3O/c1-22-14-4-2-3-12(9-14)11-20-21-16-7-8-19-17-10-13(18)5-6-15(16)17/h2-11H,1H3,(H,19,21)/b20-11+. The molecule has 0 aliphatic rings. The molecule has 0 fully saturated rings. The molecule has 3 aromatic rings. The number of rotatable bonds is 4. The van der Waals surface area contributed by atoms with Gasteiger partial charge in [0, 0.05) is 16.6 Å². The predicted octanol–water partition coefficient (Wildman–Crippen LogP) is 4.34. The molecule has 0 spiro atoms. The van der Waals surface area contributed by atoms with E-state index in [1.807, 2.05) is 48.5 Å². The van der Waals surface area contributed by atoms with E-state index in [1.165, 1.54) is 0 Å². The van der Waals surface area contributed by atoms with Crippen LogP contribution in [0, 0.1) is 0 Å². The van der Waals surface area contributed by atoms with Gasteiger partial charge in [0.15, 0.2) is 0 Å². The van der Waals surface area contributed by atoms with Crippen LogP contribution in [0.4, 0.5) is 5.69 Å². The lowest BCUT2D eigenvalue weighted by Crippen LogP contribution is -1.93. The second-order valence-corrected chi connectivity index (χ2v) is 5.10. The van der Waals surface area contributed by atoms with Crippen molar-refractivity contribution in [1.82, 2.24) is 4.98 Å². The molecule has 0 saturated carbocycles. The van der Waals surface area contributed by atoms with Gasteiger partial charge in [-0.15, -0.1) is 0 Å². The van der Waals surface area contributed by atoms with Crippen LogP contribution in [0.25, 0.3) is 10.9 Å². The van der Waals surface area contributed by atoms with Crippen LogP contribution < -0.4 is 10.2 Å². The fourth-order valence-electron chi connectivity index (χ4n) is 2.12. The molecule has 0 amide bonds. The Morgan fingerprint density at radius 3 is 2.95 bits per heavy atom. The number of pyridine rings is 1. The summed E-state index contributed by atoms with van der Waals surface area (Å²) in [6, 6.07) is 15.1. The van der Waals surface area contributed by atoms with Crippen molar-refractivity contribution >= 4 is 34.4 Å². The van der Waals surface area contributed by atoms with Gasteiger partial charge in [-0.3, -0.25) is 10.4 Å². The first-order chi connectivity index (χ1) is 10.8. The number of hydrogen-bond acceptors (Lipinski definition) is 4. The third-order valence-electron chi connectivity index (χ3n) is 3.20. The highest BCUT2D eigenvalue weighted by atomic mass is 35.5. The van der Waals surface area contributed by atoms with E-state index >= 15 is 0 Å². The quantitative estimate of drug-likeness (QED) is 0.576. The maximum Gasteiger partial charge on any atom is 0.119 e. The number of nitrogens with zero attached hydrogens (tertiary/aromatic N) is 2. The number of ether oxygens (including phenoxy) is 1. The molecule has 1 N–H and O–H groups in total. The molecule has 1 aromatic heterocycles. The molecular formula is C17H14ClN3O. The summed E-state index contributed by atoms with van der Waals surface area (Å²) in [4.78, 5) is 4.30. The van der Waals surface area contributed by atoms with E-state index in [1.54, 1.807) is 19.5 Å². The maximum absolute atomic E-state index is 5.98. The van der Waals surface area contributed by atoms with Gasteiger partial charge in [-0.05, 0) is 42.0 Å². The van der Waals surface area contributed by atoms with E-state index in [2.05, 4.69) is 15.5 Å². The number of halogens is 1. The second-order valence-electron chi connectivity index (χ2n) is 4.67. The van der Waals surface area contributed by atoms with Crippen molar-refractivity contribution in [2.75, 3.05) is 12.5 Å². The highest BCUT2D eigenvalue weighted by Crippen LogP contribution is 2.24. The predicted molar refractivity (Wildman–Crippen MR) is 91.0 cm³/mol. The van der Waals surface area contributed by atoms with Gasteiger partial charge in [-0.1, -0.05) is 23.7 Å². The molecule has 0 bridgehead atoms. The summed E-state index contributed by atoms with van der Waals surface area (Å²) < 4.78 is 5.19. The lowest BCUT2D eigenvalue weighted by atomic mass is 10.2. The Morgan fingerprint density at radius 1 is 1.18 bits per heavy atom. The SMILES string of the molecule is COc1cccc(/C=N/Nc2ccnc3cc(Cl)ccc23)c1. The van der Waals surface area contributed by atoms with E-state index in [9.17, 15) is 0 Å². The topological polar surface area (TPSA) is 46.5 Å². The number of hydrazone groups is 1. The summed E-state index contributed by atoms with van der Waals surface area (Å²) in [6.45, 7) is 0. The minimum atomic E-state index is 0.664. The fraction of sp³-hybridized carbons (Fsp3) is 0.0588. The van der Waals surface area contributed by atoms with Crippen molar-refractivity contribution in [3.05, 3.63) is 65.3 Å². The van der Waals surface area contributed by atoms with Gasteiger partial charge in [-0.2, -0.15) is 5.10 Å². The third kappa shape index (κ3) is 3.18. The number of nitrogens with one attached hydrogen (secondary N) is 1. The maximum atomic E-state index is 5.98. The van der Waals surface area contributed by atoms with Crippen molar-refractivity contribution in [2.45, 2.75) is 0 Å². The lowest BCUT2D eigenvalue weighted by Gasteiger charge is -2.05. The Labute approximate surface area is 133 Å². The molecule has 1 heterocycles. The monoisotopic (exact) mass is 311 g/mol. The van der Waals surface area contributed by atoms with Crippen LogP contribution in [0.2, 0.25) is 5.02 Å². The third-order valence-corrected chi connectivity index (χ3v) is 3.43. The molecule has 0 atom stereocenters. The van der Waals surface area contributed by atoms with Crippen LogP contribution in [0.15, 0.2) is 59.8 Å². The molecule has 0 unspecified atom stereocenters. The van der Waals surface area contributed by atoms with Crippen molar-refractivity contribution in [1.29, 1.82) is 0 Å². The zero-order valence-electron chi connectivity index (χ0n) is 12.0. The molecular weight excluding hydrogens is 298 g/mol. The first-order valence-corrected chi connectivity index (χ1v) is 7.11. The van der Waals surface area contributed by atoms with E-state index in [4.69, 9.17) is 16.3 Å². The Balaban J connectivity index is 1.83. The van der Waals surface area contributed by atoms with Crippen molar-refractivity contribution < 1.29 is 4.74 Å².